The minimum Gasteiger partial charge on any atom is -0.357 e. The molecule has 0 aliphatic heterocycles. The molecule has 2 unspecified atom stereocenters. The molecule has 3 N–H and O–H groups in total. The van der Waals surface area contributed by atoms with Crippen molar-refractivity contribution >= 4 is 47.2 Å². The predicted octanol–water partition coefficient (Wildman–Crippen LogP) is 3.52. The maximum Gasteiger partial charge on any atom is 0.223 e. The number of aliphatic imine (C=N–C) groups is 1. The number of carbonyl (C=O) groups is 1. The van der Waals surface area contributed by atoms with E-state index in [1.165, 1.54) is 4.88 Å². The van der Waals surface area contributed by atoms with Crippen LogP contribution in [0.5, 0.6) is 0 Å². The highest BCUT2D eigenvalue weighted by molar-refractivity contribution is 14.0. The minimum absolute atomic E-state index is 0. The first kappa shape index (κ1) is 24.1. The molecule has 1 aliphatic carbocycles. The van der Waals surface area contributed by atoms with Gasteiger partial charge in [0.05, 0.1) is 17.2 Å². The number of nitrogens with one attached hydrogen (secondary N) is 3. The summed E-state index contributed by atoms with van der Waals surface area (Å²) in [6, 6.07) is 0.481. The molecule has 1 fully saturated rings. The van der Waals surface area contributed by atoms with E-state index in [0.29, 0.717) is 6.54 Å². The van der Waals surface area contributed by atoms with Crippen LogP contribution in [-0.2, 0) is 11.3 Å². The summed E-state index contributed by atoms with van der Waals surface area (Å²) in [4.78, 5) is 22.7. The molecule has 0 radical (unpaired) electrons. The monoisotopic (exact) mass is 507 g/mol. The number of amides is 1. The largest absolute Gasteiger partial charge is 0.357 e. The SMILES string of the molecule is CCNC(=NCc1sc(C)nc1C)NC1CCCC(C(=O)NC(C)C)C1.I. The van der Waals surface area contributed by atoms with Crippen molar-refractivity contribution in [1.82, 2.24) is 20.9 Å². The van der Waals surface area contributed by atoms with Gasteiger partial charge in [-0.25, -0.2) is 9.98 Å². The van der Waals surface area contributed by atoms with Crippen molar-refractivity contribution in [1.29, 1.82) is 0 Å². The normalized spacial score (nSPS) is 20.1. The van der Waals surface area contributed by atoms with Crippen LogP contribution >= 0.6 is 35.3 Å². The Balaban J connectivity index is 0.00000364. The Hall–Kier alpha value is -0.900. The summed E-state index contributed by atoms with van der Waals surface area (Å²) in [5.41, 5.74) is 1.06. The lowest BCUT2D eigenvalue weighted by molar-refractivity contribution is -0.126. The second kappa shape index (κ2) is 11.8. The second-order valence-corrected chi connectivity index (χ2v) is 8.59. The molecule has 2 atom stereocenters. The molecule has 27 heavy (non-hydrogen) atoms. The quantitative estimate of drug-likeness (QED) is 0.313. The van der Waals surface area contributed by atoms with Gasteiger partial charge in [-0.3, -0.25) is 4.79 Å². The van der Waals surface area contributed by atoms with Crippen LogP contribution in [0.4, 0.5) is 0 Å². The van der Waals surface area contributed by atoms with Crippen LogP contribution in [0.3, 0.4) is 0 Å². The van der Waals surface area contributed by atoms with Gasteiger partial charge in [-0.15, -0.1) is 35.3 Å². The smallest absolute Gasteiger partial charge is 0.223 e. The van der Waals surface area contributed by atoms with Crippen molar-refractivity contribution in [3.05, 3.63) is 15.6 Å². The van der Waals surface area contributed by atoms with Crippen molar-refractivity contribution in [2.24, 2.45) is 10.9 Å². The summed E-state index contributed by atoms with van der Waals surface area (Å²) in [5.74, 6) is 1.11. The van der Waals surface area contributed by atoms with E-state index in [0.717, 1.165) is 48.9 Å². The Kier molecular flexibility index (Phi) is 10.6. The molecule has 154 valence electrons. The van der Waals surface area contributed by atoms with E-state index in [4.69, 9.17) is 4.99 Å². The van der Waals surface area contributed by atoms with Crippen molar-refractivity contribution in [2.75, 3.05) is 6.54 Å². The lowest BCUT2D eigenvalue weighted by Crippen LogP contribution is -2.47. The molecule has 1 saturated carbocycles. The zero-order valence-electron chi connectivity index (χ0n) is 17.1. The highest BCUT2D eigenvalue weighted by Crippen LogP contribution is 2.25. The number of hydrogen-bond acceptors (Lipinski definition) is 4. The Morgan fingerprint density at radius 1 is 1.33 bits per heavy atom. The maximum atomic E-state index is 12.3. The molecule has 1 heterocycles. The Labute approximate surface area is 184 Å². The molecule has 2 rings (SSSR count). The Morgan fingerprint density at radius 3 is 2.67 bits per heavy atom. The predicted molar refractivity (Wildman–Crippen MR) is 124 cm³/mol. The van der Waals surface area contributed by atoms with Gasteiger partial charge < -0.3 is 16.0 Å². The van der Waals surface area contributed by atoms with E-state index < -0.39 is 0 Å². The average Bonchev–Trinajstić information content (AvgIpc) is 2.90. The first-order chi connectivity index (χ1) is 12.4. The lowest BCUT2D eigenvalue weighted by Gasteiger charge is -2.30. The van der Waals surface area contributed by atoms with Gasteiger partial charge >= 0.3 is 0 Å². The van der Waals surface area contributed by atoms with Gasteiger partial charge in [0.2, 0.25) is 5.91 Å². The third-order valence-electron chi connectivity index (χ3n) is 4.54. The van der Waals surface area contributed by atoms with Gasteiger partial charge in [-0.1, -0.05) is 6.42 Å². The summed E-state index contributed by atoms with van der Waals surface area (Å²) in [5, 5.41) is 11.0. The highest BCUT2D eigenvalue weighted by atomic mass is 127. The van der Waals surface area contributed by atoms with Gasteiger partial charge in [0.15, 0.2) is 5.96 Å². The lowest BCUT2D eigenvalue weighted by atomic mass is 9.85. The van der Waals surface area contributed by atoms with Crippen molar-refractivity contribution in [3.8, 4) is 0 Å². The molecular weight excluding hydrogens is 473 g/mol. The van der Waals surface area contributed by atoms with Crippen molar-refractivity contribution < 1.29 is 4.79 Å². The number of aromatic nitrogens is 1. The fraction of sp³-hybridized carbons (Fsp3) is 0.737. The number of nitrogens with zero attached hydrogens (tertiary/aromatic N) is 2. The van der Waals surface area contributed by atoms with Gasteiger partial charge in [0.1, 0.15) is 0 Å². The van der Waals surface area contributed by atoms with E-state index >= 15 is 0 Å². The molecule has 0 saturated heterocycles. The van der Waals surface area contributed by atoms with Crippen LogP contribution in [0.2, 0.25) is 0 Å². The number of aryl methyl sites for hydroxylation is 2. The summed E-state index contributed by atoms with van der Waals surface area (Å²) < 4.78 is 0. The fourth-order valence-electron chi connectivity index (χ4n) is 3.35. The molecule has 1 amide bonds. The molecule has 1 aromatic rings. The van der Waals surface area contributed by atoms with Crippen molar-refractivity contribution in [2.45, 2.75) is 78.9 Å². The van der Waals surface area contributed by atoms with E-state index in [9.17, 15) is 4.79 Å². The molecule has 1 aliphatic rings. The first-order valence-electron chi connectivity index (χ1n) is 9.67. The summed E-state index contributed by atoms with van der Waals surface area (Å²) in [7, 11) is 0. The third kappa shape index (κ3) is 7.93. The van der Waals surface area contributed by atoms with Crippen LogP contribution in [0.15, 0.2) is 4.99 Å². The minimum atomic E-state index is 0. The maximum absolute atomic E-state index is 12.3. The number of guanidine groups is 1. The van der Waals surface area contributed by atoms with Gasteiger partial charge in [0.25, 0.3) is 0 Å². The second-order valence-electron chi connectivity index (χ2n) is 7.30. The van der Waals surface area contributed by atoms with Gasteiger partial charge in [0, 0.05) is 29.4 Å². The van der Waals surface area contributed by atoms with Crippen LogP contribution < -0.4 is 16.0 Å². The molecule has 6 nitrogen and oxygen atoms in total. The molecule has 8 heteroatoms. The molecule has 0 spiro atoms. The van der Waals surface area contributed by atoms with E-state index in [2.05, 4.69) is 27.9 Å². The average molecular weight is 507 g/mol. The standard InChI is InChI=1S/C19H33N5OS.HI/c1-6-20-19(21-11-17-13(4)23-14(5)26-17)24-16-9-7-8-15(10-16)18(25)22-12(2)3;/h12,15-16H,6-11H2,1-5H3,(H,22,25)(H2,20,21,24);1H. The highest BCUT2D eigenvalue weighted by Gasteiger charge is 2.28. The Morgan fingerprint density at radius 2 is 2.07 bits per heavy atom. The van der Waals surface area contributed by atoms with Gasteiger partial charge in [-0.05, 0) is 53.9 Å². The number of hydrogen-bond donors (Lipinski definition) is 3. The first-order valence-corrected chi connectivity index (χ1v) is 10.5. The number of thiazole rings is 1. The number of rotatable bonds is 6. The van der Waals surface area contributed by atoms with Gasteiger partial charge in [-0.2, -0.15) is 0 Å². The van der Waals surface area contributed by atoms with E-state index in [1.807, 2.05) is 27.7 Å². The molecule has 0 bridgehead atoms. The summed E-state index contributed by atoms with van der Waals surface area (Å²) >= 11 is 1.70. The fourth-order valence-corrected chi connectivity index (χ4v) is 4.21. The van der Waals surface area contributed by atoms with Crippen LogP contribution in [0.25, 0.3) is 0 Å². The summed E-state index contributed by atoms with van der Waals surface area (Å²) in [6.45, 7) is 11.6. The molecule has 1 aromatic heterocycles. The topological polar surface area (TPSA) is 78.4 Å². The summed E-state index contributed by atoms with van der Waals surface area (Å²) in [6.07, 6.45) is 3.99. The zero-order chi connectivity index (χ0) is 19.1. The zero-order valence-corrected chi connectivity index (χ0v) is 20.2. The third-order valence-corrected chi connectivity index (χ3v) is 5.60. The Bertz CT molecular complexity index is 632. The number of carbonyl (C=O) groups excluding carboxylic acids is 1. The van der Waals surface area contributed by atoms with E-state index in [-0.39, 0.29) is 47.9 Å². The van der Waals surface area contributed by atoms with Crippen LogP contribution in [-0.4, -0.2) is 35.5 Å². The van der Waals surface area contributed by atoms with E-state index in [1.54, 1.807) is 11.3 Å². The molecule has 0 aromatic carbocycles. The van der Waals surface area contributed by atoms with Crippen LogP contribution in [0.1, 0.15) is 62.0 Å². The number of halogens is 1. The van der Waals surface area contributed by atoms with Crippen LogP contribution in [0, 0.1) is 19.8 Å². The molecular formula is C19H34IN5OS. The van der Waals surface area contributed by atoms with Crippen molar-refractivity contribution in [3.63, 3.8) is 0 Å².